The molecule has 8 heteroatoms. The molecule has 0 saturated carbocycles. The van der Waals surface area contributed by atoms with Gasteiger partial charge in [-0.2, -0.15) is 21.6 Å². The number of benzene rings is 1. The fourth-order valence-electron chi connectivity index (χ4n) is 1.34. The van der Waals surface area contributed by atoms with Gasteiger partial charge in [0.1, 0.15) is 12.0 Å². The number of aryl methyl sites for hydroxylation is 2. The molecular formula is C10H9F3O4S. The smallest absolute Gasteiger partial charge is 0.375 e. The predicted octanol–water partition coefficient (Wildman–Crippen LogP) is 2.34. The highest BCUT2D eigenvalue weighted by atomic mass is 32.2. The van der Waals surface area contributed by atoms with Crippen LogP contribution >= 0.6 is 0 Å². The molecule has 18 heavy (non-hydrogen) atoms. The molecule has 0 amide bonds. The van der Waals surface area contributed by atoms with E-state index in [0.717, 1.165) is 0 Å². The third-order valence-electron chi connectivity index (χ3n) is 2.10. The molecule has 0 atom stereocenters. The van der Waals surface area contributed by atoms with Gasteiger partial charge in [-0.15, -0.1) is 0 Å². The van der Waals surface area contributed by atoms with Gasteiger partial charge in [0, 0.05) is 5.56 Å². The monoisotopic (exact) mass is 282 g/mol. The number of carbonyl (C=O) groups excluding carboxylic acids is 1. The van der Waals surface area contributed by atoms with Crippen LogP contribution in [-0.4, -0.2) is 20.2 Å². The van der Waals surface area contributed by atoms with E-state index in [1.54, 1.807) is 0 Å². The first kappa shape index (κ1) is 14.5. The lowest BCUT2D eigenvalue weighted by Gasteiger charge is -2.13. The van der Waals surface area contributed by atoms with Crippen LogP contribution in [-0.2, 0) is 10.1 Å². The Bertz CT molecular complexity index is 552. The van der Waals surface area contributed by atoms with Crippen LogP contribution in [0.1, 0.15) is 21.5 Å². The van der Waals surface area contributed by atoms with Crippen molar-refractivity contribution in [3.8, 4) is 5.75 Å². The molecule has 0 saturated heterocycles. The molecule has 0 aliphatic rings. The number of aldehydes is 1. The van der Waals surface area contributed by atoms with Crippen molar-refractivity contribution in [2.45, 2.75) is 19.4 Å². The number of carbonyl (C=O) groups is 1. The normalized spacial score (nSPS) is 12.3. The second-order valence-electron chi connectivity index (χ2n) is 3.58. The van der Waals surface area contributed by atoms with Crippen molar-refractivity contribution < 1.29 is 30.6 Å². The summed E-state index contributed by atoms with van der Waals surface area (Å²) in [4.78, 5) is 10.5. The zero-order chi connectivity index (χ0) is 14.1. The van der Waals surface area contributed by atoms with Gasteiger partial charge in [-0.3, -0.25) is 4.79 Å². The minimum Gasteiger partial charge on any atom is -0.375 e. The minimum absolute atomic E-state index is 0.130. The van der Waals surface area contributed by atoms with E-state index in [2.05, 4.69) is 4.18 Å². The van der Waals surface area contributed by atoms with Gasteiger partial charge in [-0.1, -0.05) is 0 Å². The lowest BCUT2D eigenvalue weighted by molar-refractivity contribution is -0.0500. The molecular weight excluding hydrogens is 273 g/mol. The first-order chi connectivity index (χ1) is 8.08. The number of hydrogen-bond donors (Lipinski definition) is 0. The molecule has 0 unspecified atom stereocenters. The average molecular weight is 282 g/mol. The molecule has 0 fully saturated rings. The number of halogens is 3. The summed E-state index contributed by atoms with van der Waals surface area (Å²) in [5, 5.41) is 0. The molecule has 0 N–H and O–H groups in total. The fourth-order valence-corrected chi connectivity index (χ4v) is 1.92. The van der Waals surface area contributed by atoms with Crippen molar-refractivity contribution in [1.29, 1.82) is 0 Å². The summed E-state index contributed by atoms with van der Waals surface area (Å²) >= 11 is 0. The molecule has 100 valence electrons. The number of hydrogen-bond acceptors (Lipinski definition) is 4. The Morgan fingerprint density at radius 2 is 1.61 bits per heavy atom. The van der Waals surface area contributed by atoms with Gasteiger partial charge >= 0.3 is 15.6 Å². The minimum atomic E-state index is -5.70. The zero-order valence-corrected chi connectivity index (χ0v) is 10.2. The van der Waals surface area contributed by atoms with E-state index in [9.17, 15) is 26.4 Å². The third kappa shape index (κ3) is 2.81. The van der Waals surface area contributed by atoms with Crippen LogP contribution in [0.4, 0.5) is 13.2 Å². The molecule has 4 nitrogen and oxygen atoms in total. The Morgan fingerprint density at radius 3 is 1.94 bits per heavy atom. The Balaban J connectivity index is 3.26. The number of alkyl halides is 3. The molecule has 0 aliphatic carbocycles. The highest BCUT2D eigenvalue weighted by Gasteiger charge is 2.48. The zero-order valence-electron chi connectivity index (χ0n) is 9.41. The van der Waals surface area contributed by atoms with Gasteiger partial charge in [0.05, 0.1) is 0 Å². The topological polar surface area (TPSA) is 60.4 Å². The fraction of sp³-hybridized carbons (Fsp3) is 0.300. The first-order valence-corrected chi connectivity index (χ1v) is 6.06. The van der Waals surface area contributed by atoms with Crippen LogP contribution in [0.15, 0.2) is 12.1 Å². The highest BCUT2D eigenvalue weighted by Crippen LogP contribution is 2.31. The Hall–Kier alpha value is -1.57. The third-order valence-corrected chi connectivity index (χ3v) is 3.05. The van der Waals surface area contributed by atoms with Crippen molar-refractivity contribution in [3.63, 3.8) is 0 Å². The van der Waals surface area contributed by atoms with Gasteiger partial charge in [0.15, 0.2) is 0 Å². The second kappa shape index (κ2) is 4.60. The molecule has 0 spiro atoms. The van der Waals surface area contributed by atoms with Crippen LogP contribution in [0.2, 0.25) is 0 Å². The van der Waals surface area contributed by atoms with Crippen LogP contribution in [0, 0.1) is 13.8 Å². The summed E-state index contributed by atoms with van der Waals surface area (Å²) in [6.07, 6.45) is 0.502. The molecule has 0 radical (unpaired) electrons. The van der Waals surface area contributed by atoms with Gasteiger partial charge in [-0.05, 0) is 37.1 Å². The maximum absolute atomic E-state index is 12.2. The summed E-state index contributed by atoms with van der Waals surface area (Å²) in [5.74, 6) is -0.419. The summed E-state index contributed by atoms with van der Waals surface area (Å²) < 4.78 is 62.3. The lowest BCUT2D eigenvalue weighted by atomic mass is 10.1. The van der Waals surface area contributed by atoms with Crippen LogP contribution in [0.5, 0.6) is 5.75 Å². The van der Waals surface area contributed by atoms with Crippen molar-refractivity contribution >= 4 is 16.4 Å². The SMILES string of the molecule is Cc1cc(C=O)cc(C)c1OS(=O)(=O)C(F)(F)F. The molecule has 0 aromatic heterocycles. The van der Waals surface area contributed by atoms with Crippen molar-refractivity contribution in [2.75, 3.05) is 0 Å². The van der Waals surface area contributed by atoms with E-state index in [0.29, 0.717) is 6.29 Å². The summed E-state index contributed by atoms with van der Waals surface area (Å²) in [5.41, 5.74) is -5.01. The summed E-state index contributed by atoms with van der Waals surface area (Å²) in [6.45, 7) is 2.70. The van der Waals surface area contributed by atoms with Gasteiger partial charge in [0.25, 0.3) is 0 Å². The molecule has 0 aliphatic heterocycles. The Labute approximate surface area is 101 Å². The molecule has 1 aromatic rings. The predicted molar refractivity (Wildman–Crippen MR) is 56.9 cm³/mol. The first-order valence-electron chi connectivity index (χ1n) is 4.65. The maximum Gasteiger partial charge on any atom is 0.534 e. The summed E-state index contributed by atoms with van der Waals surface area (Å²) in [7, 11) is -5.70. The van der Waals surface area contributed by atoms with Gasteiger partial charge < -0.3 is 4.18 Å². The van der Waals surface area contributed by atoms with E-state index in [-0.39, 0.29) is 16.7 Å². The van der Waals surface area contributed by atoms with E-state index in [4.69, 9.17) is 0 Å². The van der Waals surface area contributed by atoms with Gasteiger partial charge in [-0.25, -0.2) is 0 Å². The van der Waals surface area contributed by atoms with Crippen molar-refractivity contribution in [1.82, 2.24) is 0 Å². The molecule has 0 bridgehead atoms. The quantitative estimate of drug-likeness (QED) is 0.485. The Morgan fingerprint density at radius 1 is 1.17 bits per heavy atom. The van der Waals surface area contributed by atoms with E-state index in [1.165, 1.54) is 26.0 Å². The summed E-state index contributed by atoms with van der Waals surface area (Å²) in [6, 6.07) is 2.47. The van der Waals surface area contributed by atoms with Crippen LogP contribution < -0.4 is 4.18 Å². The number of rotatable bonds is 3. The lowest BCUT2D eigenvalue weighted by Crippen LogP contribution is -2.28. The maximum atomic E-state index is 12.2. The van der Waals surface area contributed by atoms with E-state index in [1.807, 2.05) is 0 Å². The van der Waals surface area contributed by atoms with Gasteiger partial charge in [0.2, 0.25) is 0 Å². The molecule has 1 aromatic carbocycles. The highest BCUT2D eigenvalue weighted by molar-refractivity contribution is 7.88. The second-order valence-corrected chi connectivity index (χ2v) is 5.12. The Kier molecular flexibility index (Phi) is 3.70. The van der Waals surface area contributed by atoms with Crippen LogP contribution in [0.25, 0.3) is 0 Å². The van der Waals surface area contributed by atoms with E-state index >= 15 is 0 Å². The largest absolute Gasteiger partial charge is 0.534 e. The molecule has 1 rings (SSSR count). The average Bonchev–Trinajstić information content (AvgIpc) is 2.21. The van der Waals surface area contributed by atoms with Crippen molar-refractivity contribution in [2.24, 2.45) is 0 Å². The van der Waals surface area contributed by atoms with E-state index < -0.39 is 21.4 Å². The van der Waals surface area contributed by atoms with Crippen LogP contribution in [0.3, 0.4) is 0 Å². The van der Waals surface area contributed by atoms with Crippen molar-refractivity contribution in [3.05, 3.63) is 28.8 Å². The standard InChI is InChI=1S/C10H9F3O4S/c1-6-3-8(5-14)4-7(2)9(6)17-18(15,16)10(11,12)13/h3-5H,1-2H3. The molecule has 0 heterocycles.